The predicted octanol–water partition coefficient (Wildman–Crippen LogP) is 1.97. The molecular formula is C7H16O3S. The SMILES string of the molecule is CCCC(C)CCOS(=O)O. The van der Waals surface area contributed by atoms with Crippen molar-refractivity contribution in [3.05, 3.63) is 0 Å². The van der Waals surface area contributed by atoms with Crippen molar-refractivity contribution in [3.8, 4) is 0 Å². The molecule has 0 saturated heterocycles. The van der Waals surface area contributed by atoms with Crippen LogP contribution in [0.15, 0.2) is 0 Å². The maximum atomic E-state index is 10.0. The summed E-state index contributed by atoms with van der Waals surface area (Å²) in [4.78, 5) is 0. The number of hydrogen-bond acceptors (Lipinski definition) is 2. The molecule has 4 heteroatoms. The molecule has 0 rings (SSSR count). The molecule has 0 saturated carbocycles. The molecule has 0 aromatic rings. The zero-order chi connectivity index (χ0) is 8.69. The molecule has 0 amide bonds. The average molecular weight is 180 g/mol. The summed E-state index contributed by atoms with van der Waals surface area (Å²) < 4.78 is 22.8. The molecule has 0 spiro atoms. The molecular weight excluding hydrogens is 164 g/mol. The van der Waals surface area contributed by atoms with E-state index in [0.29, 0.717) is 12.5 Å². The van der Waals surface area contributed by atoms with Gasteiger partial charge in [0.1, 0.15) is 0 Å². The largest absolute Gasteiger partial charge is 0.301 e. The van der Waals surface area contributed by atoms with Crippen LogP contribution < -0.4 is 0 Å². The minimum absolute atomic E-state index is 0.379. The van der Waals surface area contributed by atoms with Gasteiger partial charge in [0, 0.05) is 0 Å². The maximum absolute atomic E-state index is 10.0. The van der Waals surface area contributed by atoms with Crippen molar-refractivity contribution in [2.75, 3.05) is 6.61 Å². The molecule has 0 radical (unpaired) electrons. The third-order valence-electron chi connectivity index (χ3n) is 1.58. The molecule has 11 heavy (non-hydrogen) atoms. The maximum Gasteiger partial charge on any atom is 0.301 e. The lowest BCUT2D eigenvalue weighted by molar-refractivity contribution is 0.274. The number of hydrogen-bond donors (Lipinski definition) is 1. The lowest BCUT2D eigenvalue weighted by Gasteiger charge is -2.07. The summed E-state index contributed by atoms with van der Waals surface area (Å²) in [5, 5.41) is 0. The van der Waals surface area contributed by atoms with Gasteiger partial charge in [0.2, 0.25) is 0 Å². The Hall–Kier alpha value is 0.0700. The van der Waals surface area contributed by atoms with Crippen LogP contribution in [-0.2, 0) is 15.5 Å². The second-order valence-electron chi connectivity index (χ2n) is 2.72. The lowest BCUT2D eigenvalue weighted by Crippen LogP contribution is -2.03. The summed E-state index contributed by atoms with van der Waals surface area (Å²) in [6.45, 7) is 4.62. The van der Waals surface area contributed by atoms with Crippen LogP contribution in [-0.4, -0.2) is 15.4 Å². The van der Waals surface area contributed by atoms with Gasteiger partial charge >= 0.3 is 11.4 Å². The molecule has 0 aliphatic rings. The van der Waals surface area contributed by atoms with Crippen LogP contribution in [0.2, 0.25) is 0 Å². The normalized spacial score (nSPS) is 16.3. The van der Waals surface area contributed by atoms with Crippen LogP contribution in [0.5, 0.6) is 0 Å². The Morgan fingerprint density at radius 1 is 1.55 bits per heavy atom. The van der Waals surface area contributed by atoms with Gasteiger partial charge in [-0.2, -0.15) is 4.21 Å². The first-order chi connectivity index (χ1) is 5.16. The first-order valence-corrected chi connectivity index (χ1v) is 4.94. The Labute approximate surface area is 70.6 Å². The second-order valence-corrected chi connectivity index (χ2v) is 3.39. The van der Waals surface area contributed by atoms with Gasteiger partial charge in [0.25, 0.3) is 0 Å². The minimum atomic E-state index is -2.09. The van der Waals surface area contributed by atoms with Crippen LogP contribution in [0.4, 0.5) is 0 Å². The summed E-state index contributed by atoms with van der Waals surface area (Å²) in [5.74, 6) is 0.587. The Morgan fingerprint density at radius 3 is 2.64 bits per heavy atom. The molecule has 3 nitrogen and oxygen atoms in total. The Balaban J connectivity index is 3.16. The van der Waals surface area contributed by atoms with Crippen molar-refractivity contribution < 1.29 is 12.9 Å². The standard InChI is InChI=1S/C7H16O3S/c1-3-4-7(2)5-6-10-11(8)9/h7H,3-6H2,1-2H3,(H,8,9). The second kappa shape index (κ2) is 6.76. The van der Waals surface area contributed by atoms with Gasteiger partial charge in [-0.15, -0.1) is 0 Å². The van der Waals surface area contributed by atoms with Gasteiger partial charge < -0.3 is 0 Å². The Bertz CT molecular complexity index is 116. The zero-order valence-corrected chi connectivity index (χ0v) is 7.89. The first kappa shape index (κ1) is 11.1. The molecule has 0 aromatic carbocycles. The molecule has 68 valence electrons. The molecule has 2 unspecified atom stereocenters. The first-order valence-electron chi connectivity index (χ1n) is 3.91. The fraction of sp³-hybridized carbons (Fsp3) is 1.00. The predicted molar refractivity (Wildman–Crippen MR) is 45.4 cm³/mol. The third-order valence-corrected chi connectivity index (χ3v) is 1.94. The monoisotopic (exact) mass is 180 g/mol. The molecule has 0 aromatic heterocycles. The molecule has 0 aliphatic carbocycles. The smallest absolute Gasteiger partial charge is 0.284 e. The topological polar surface area (TPSA) is 46.5 Å². The minimum Gasteiger partial charge on any atom is -0.284 e. The quantitative estimate of drug-likeness (QED) is 0.636. The van der Waals surface area contributed by atoms with Crippen LogP contribution in [0.3, 0.4) is 0 Å². The van der Waals surface area contributed by atoms with Crippen LogP contribution in [0.1, 0.15) is 33.1 Å². The van der Waals surface area contributed by atoms with Gasteiger partial charge in [0.15, 0.2) is 0 Å². The van der Waals surface area contributed by atoms with Crippen molar-refractivity contribution >= 4 is 11.4 Å². The fourth-order valence-corrected chi connectivity index (χ4v) is 1.20. The van der Waals surface area contributed by atoms with E-state index < -0.39 is 11.4 Å². The van der Waals surface area contributed by atoms with E-state index in [1.807, 2.05) is 0 Å². The van der Waals surface area contributed by atoms with Gasteiger partial charge in [0.05, 0.1) is 6.61 Å². The van der Waals surface area contributed by atoms with Crippen molar-refractivity contribution in [3.63, 3.8) is 0 Å². The highest BCUT2D eigenvalue weighted by molar-refractivity contribution is 7.74. The molecule has 1 N–H and O–H groups in total. The van der Waals surface area contributed by atoms with Gasteiger partial charge in [-0.05, 0) is 12.3 Å². The van der Waals surface area contributed by atoms with E-state index >= 15 is 0 Å². The van der Waals surface area contributed by atoms with Crippen molar-refractivity contribution in [1.29, 1.82) is 0 Å². The molecule has 0 fully saturated rings. The molecule has 0 aliphatic heterocycles. The van der Waals surface area contributed by atoms with Crippen LogP contribution >= 0.6 is 0 Å². The highest BCUT2D eigenvalue weighted by atomic mass is 32.2. The van der Waals surface area contributed by atoms with Gasteiger partial charge in [-0.3, -0.25) is 8.74 Å². The molecule has 0 heterocycles. The van der Waals surface area contributed by atoms with E-state index in [1.54, 1.807) is 0 Å². The summed E-state index contributed by atoms with van der Waals surface area (Å²) >= 11 is -2.09. The van der Waals surface area contributed by atoms with Crippen molar-refractivity contribution in [2.45, 2.75) is 33.1 Å². The van der Waals surface area contributed by atoms with Crippen molar-refractivity contribution in [2.24, 2.45) is 5.92 Å². The van der Waals surface area contributed by atoms with Crippen molar-refractivity contribution in [1.82, 2.24) is 0 Å². The lowest BCUT2D eigenvalue weighted by atomic mass is 10.0. The highest BCUT2D eigenvalue weighted by Gasteiger charge is 2.01. The van der Waals surface area contributed by atoms with E-state index in [-0.39, 0.29) is 0 Å². The van der Waals surface area contributed by atoms with E-state index in [4.69, 9.17) is 4.55 Å². The summed E-state index contributed by atoms with van der Waals surface area (Å²) in [6, 6.07) is 0. The van der Waals surface area contributed by atoms with E-state index in [9.17, 15) is 4.21 Å². The van der Waals surface area contributed by atoms with Gasteiger partial charge in [-0.25, -0.2) is 0 Å². The highest BCUT2D eigenvalue weighted by Crippen LogP contribution is 2.09. The molecule has 2 atom stereocenters. The Kier molecular flexibility index (Phi) is 6.80. The molecule has 0 bridgehead atoms. The Morgan fingerprint density at radius 2 is 2.18 bits per heavy atom. The van der Waals surface area contributed by atoms with E-state index in [0.717, 1.165) is 19.3 Å². The zero-order valence-electron chi connectivity index (χ0n) is 7.08. The van der Waals surface area contributed by atoms with Crippen LogP contribution in [0.25, 0.3) is 0 Å². The fourth-order valence-electron chi connectivity index (χ4n) is 0.958. The summed E-state index contributed by atoms with van der Waals surface area (Å²) in [7, 11) is 0. The van der Waals surface area contributed by atoms with Crippen LogP contribution in [0, 0.1) is 5.92 Å². The number of rotatable bonds is 6. The van der Waals surface area contributed by atoms with E-state index in [2.05, 4.69) is 18.0 Å². The summed E-state index contributed by atoms with van der Waals surface area (Å²) in [6.07, 6.45) is 3.17. The average Bonchev–Trinajstić information content (AvgIpc) is 1.87. The van der Waals surface area contributed by atoms with Gasteiger partial charge in [-0.1, -0.05) is 26.7 Å². The van der Waals surface area contributed by atoms with E-state index in [1.165, 1.54) is 0 Å². The summed E-state index contributed by atoms with van der Waals surface area (Å²) in [5.41, 5.74) is 0. The third kappa shape index (κ3) is 7.97.